The van der Waals surface area contributed by atoms with E-state index >= 15 is 0 Å². The first-order chi connectivity index (χ1) is 8.74. The van der Waals surface area contributed by atoms with Crippen LogP contribution in [0.5, 0.6) is 5.75 Å². The Labute approximate surface area is 110 Å². The fraction of sp³-hybridized carbons (Fsp3) is 0.308. The van der Waals surface area contributed by atoms with E-state index in [0.717, 1.165) is 28.5 Å². The summed E-state index contributed by atoms with van der Waals surface area (Å²) in [6.45, 7) is 3.80. The van der Waals surface area contributed by atoms with Crippen molar-refractivity contribution in [1.82, 2.24) is 10.3 Å². The molecule has 0 amide bonds. The third-order valence-electron chi connectivity index (χ3n) is 2.50. The Balaban J connectivity index is 2.23. The SMILES string of the molecule is CCNCc1cnc(-c2ccc(F)c(OC)c2)s1. The molecule has 0 saturated heterocycles. The number of hydrogen-bond acceptors (Lipinski definition) is 4. The van der Waals surface area contributed by atoms with Gasteiger partial charge in [-0.15, -0.1) is 11.3 Å². The minimum Gasteiger partial charge on any atom is -0.494 e. The maximum atomic E-state index is 13.3. The zero-order chi connectivity index (χ0) is 13.0. The first-order valence-electron chi connectivity index (χ1n) is 5.74. The zero-order valence-electron chi connectivity index (χ0n) is 10.4. The van der Waals surface area contributed by atoms with Crippen LogP contribution in [0.4, 0.5) is 4.39 Å². The fourth-order valence-corrected chi connectivity index (χ4v) is 2.44. The molecule has 2 aromatic rings. The van der Waals surface area contributed by atoms with E-state index in [4.69, 9.17) is 4.74 Å². The van der Waals surface area contributed by atoms with Gasteiger partial charge in [0.05, 0.1) is 7.11 Å². The van der Waals surface area contributed by atoms with Crippen molar-refractivity contribution in [3.63, 3.8) is 0 Å². The van der Waals surface area contributed by atoms with Gasteiger partial charge >= 0.3 is 0 Å². The number of hydrogen-bond donors (Lipinski definition) is 1. The van der Waals surface area contributed by atoms with Crippen LogP contribution in [0, 0.1) is 5.82 Å². The van der Waals surface area contributed by atoms with Gasteiger partial charge in [0, 0.05) is 23.2 Å². The van der Waals surface area contributed by atoms with Crippen molar-refractivity contribution < 1.29 is 9.13 Å². The molecule has 1 N–H and O–H groups in total. The quantitative estimate of drug-likeness (QED) is 0.903. The fourth-order valence-electron chi connectivity index (χ4n) is 1.56. The Hall–Kier alpha value is -1.46. The number of thiazole rings is 1. The molecule has 0 aliphatic rings. The van der Waals surface area contributed by atoms with E-state index in [1.54, 1.807) is 23.5 Å². The standard InChI is InChI=1S/C13H15FN2OS/c1-3-15-7-10-8-16-13(18-10)9-4-5-11(14)12(6-9)17-2/h4-6,8,15H,3,7H2,1-2H3. The van der Waals surface area contributed by atoms with Crippen molar-refractivity contribution >= 4 is 11.3 Å². The van der Waals surface area contributed by atoms with E-state index in [2.05, 4.69) is 17.2 Å². The summed E-state index contributed by atoms with van der Waals surface area (Å²) in [5, 5.41) is 4.12. The number of halogens is 1. The summed E-state index contributed by atoms with van der Waals surface area (Å²) in [5.74, 6) is -0.110. The van der Waals surface area contributed by atoms with Crippen LogP contribution >= 0.6 is 11.3 Å². The van der Waals surface area contributed by atoms with Crippen molar-refractivity contribution in [2.45, 2.75) is 13.5 Å². The highest BCUT2D eigenvalue weighted by Crippen LogP contribution is 2.29. The summed E-state index contributed by atoms with van der Waals surface area (Å²) in [7, 11) is 1.46. The summed E-state index contributed by atoms with van der Waals surface area (Å²) >= 11 is 1.60. The van der Waals surface area contributed by atoms with Crippen LogP contribution < -0.4 is 10.1 Å². The van der Waals surface area contributed by atoms with Crippen LogP contribution in [0.2, 0.25) is 0 Å². The first-order valence-corrected chi connectivity index (χ1v) is 6.55. The molecule has 1 heterocycles. The molecule has 0 aliphatic carbocycles. The third-order valence-corrected chi connectivity index (χ3v) is 3.55. The molecule has 3 nitrogen and oxygen atoms in total. The van der Waals surface area contributed by atoms with Crippen LogP contribution in [0.1, 0.15) is 11.8 Å². The maximum Gasteiger partial charge on any atom is 0.165 e. The molecule has 0 saturated carbocycles. The van der Waals surface area contributed by atoms with Crippen LogP contribution in [-0.4, -0.2) is 18.6 Å². The molecule has 18 heavy (non-hydrogen) atoms. The molecule has 0 unspecified atom stereocenters. The second-order valence-corrected chi connectivity index (χ2v) is 4.88. The van der Waals surface area contributed by atoms with Crippen LogP contribution in [0.3, 0.4) is 0 Å². The second-order valence-electron chi connectivity index (χ2n) is 3.76. The summed E-state index contributed by atoms with van der Waals surface area (Å²) in [5.41, 5.74) is 0.876. The van der Waals surface area contributed by atoms with Crippen molar-refractivity contribution in [2.24, 2.45) is 0 Å². The molecule has 0 spiro atoms. The molecule has 0 bridgehead atoms. The minimum absolute atomic E-state index is 0.246. The van der Waals surface area contributed by atoms with Crippen molar-refractivity contribution in [3.8, 4) is 16.3 Å². The number of nitrogens with zero attached hydrogens (tertiary/aromatic N) is 1. The molecular weight excluding hydrogens is 251 g/mol. The van der Waals surface area contributed by atoms with Crippen molar-refractivity contribution in [3.05, 3.63) is 35.1 Å². The average Bonchev–Trinajstić information content (AvgIpc) is 2.85. The van der Waals surface area contributed by atoms with Gasteiger partial charge in [0.2, 0.25) is 0 Å². The zero-order valence-corrected chi connectivity index (χ0v) is 11.2. The molecule has 1 aromatic carbocycles. The highest BCUT2D eigenvalue weighted by Gasteiger charge is 2.08. The van der Waals surface area contributed by atoms with E-state index in [9.17, 15) is 4.39 Å². The molecule has 0 radical (unpaired) electrons. The second kappa shape index (κ2) is 5.93. The molecule has 1 aromatic heterocycles. The normalized spacial score (nSPS) is 10.6. The van der Waals surface area contributed by atoms with E-state index in [-0.39, 0.29) is 11.6 Å². The van der Waals surface area contributed by atoms with Crippen molar-refractivity contribution in [1.29, 1.82) is 0 Å². The van der Waals surface area contributed by atoms with Crippen LogP contribution in [0.15, 0.2) is 24.4 Å². The Kier molecular flexibility index (Phi) is 4.28. The third kappa shape index (κ3) is 2.86. The number of aromatic nitrogens is 1. The maximum absolute atomic E-state index is 13.3. The van der Waals surface area contributed by atoms with E-state index < -0.39 is 0 Å². The summed E-state index contributed by atoms with van der Waals surface area (Å²) in [6.07, 6.45) is 1.85. The van der Waals surface area contributed by atoms with Gasteiger partial charge in [-0.3, -0.25) is 0 Å². The van der Waals surface area contributed by atoms with Gasteiger partial charge < -0.3 is 10.1 Å². The van der Waals surface area contributed by atoms with Gasteiger partial charge in [-0.05, 0) is 24.7 Å². The van der Waals surface area contributed by atoms with Crippen LogP contribution in [0.25, 0.3) is 10.6 Å². The average molecular weight is 266 g/mol. The van der Waals surface area contributed by atoms with E-state index in [0.29, 0.717) is 0 Å². The highest BCUT2D eigenvalue weighted by atomic mass is 32.1. The minimum atomic E-state index is -0.356. The highest BCUT2D eigenvalue weighted by molar-refractivity contribution is 7.15. The molecule has 0 aliphatic heterocycles. The molecule has 2 rings (SSSR count). The number of benzene rings is 1. The van der Waals surface area contributed by atoms with Gasteiger partial charge in [0.1, 0.15) is 5.01 Å². The lowest BCUT2D eigenvalue weighted by molar-refractivity contribution is 0.387. The van der Waals surface area contributed by atoms with E-state index in [1.807, 2.05) is 6.20 Å². The Bertz CT molecular complexity index is 527. The van der Waals surface area contributed by atoms with Gasteiger partial charge in [-0.25, -0.2) is 9.37 Å². The number of nitrogens with one attached hydrogen (secondary N) is 1. The van der Waals surface area contributed by atoms with Gasteiger partial charge in [-0.2, -0.15) is 0 Å². The Morgan fingerprint density at radius 2 is 2.28 bits per heavy atom. The summed E-state index contributed by atoms with van der Waals surface area (Å²) in [6, 6.07) is 4.79. The predicted octanol–water partition coefficient (Wildman–Crippen LogP) is 3.07. The molecular formula is C13H15FN2OS. The lowest BCUT2D eigenvalue weighted by atomic mass is 10.2. The lowest BCUT2D eigenvalue weighted by Crippen LogP contribution is -2.10. The topological polar surface area (TPSA) is 34.2 Å². The Morgan fingerprint density at radius 3 is 3.00 bits per heavy atom. The predicted molar refractivity (Wildman–Crippen MR) is 71.4 cm³/mol. The van der Waals surface area contributed by atoms with Gasteiger partial charge in [0.25, 0.3) is 0 Å². The molecule has 0 fully saturated rings. The summed E-state index contributed by atoms with van der Waals surface area (Å²) in [4.78, 5) is 5.51. The number of ether oxygens (including phenoxy) is 1. The van der Waals surface area contributed by atoms with E-state index in [1.165, 1.54) is 13.2 Å². The van der Waals surface area contributed by atoms with Gasteiger partial charge in [-0.1, -0.05) is 6.92 Å². The molecule has 96 valence electrons. The first kappa shape index (κ1) is 13.0. The lowest BCUT2D eigenvalue weighted by Gasteiger charge is -2.03. The van der Waals surface area contributed by atoms with Crippen LogP contribution in [-0.2, 0) is 6.54 Å². The van der Waals surface area contributed by atoms with Crippen molar-refractivity contribution in [2.75, 3.05) is 13.7 Å². The number of methoxy groups -OCH3 is 1. The largest absolute Gasteiger partial charge is 0.494 e. The molecule has 5 heteroatoms. The smallest absolute Gasteiger partial charge is 0.165 e. The molecule has 0 atom stereocenters. The van der Waals surface area contributed by atoms with Gasteiger partial charge in [0.15, 0.2) is 11.6 Å². The summed E-state index contributed by atoms with van der Waals surface area (Å²) < 4.78 is 18.3. The monoisotopic (exact) mass is 266 g/mol. The number of rotatable bonds is 5. The Morgan fingerprint density at radius 1 is 1.44 bits per heavy atom.